The minimum absolute atomic E-state index is 0.143. The van der Waals surface area contributed by atoms with E-state index in [0.29, 0.717) is 35.9 Å². The molecule has 2 amide bonds. The summed E-state index contributed by atoms with van der Waals surface area (Å²) < 4.78 is 1.23. The highest BCUT2D eigenvalue weighted by Crippen LogP contribution is 2.33. The van der Waals surface area contributed by atoms with Crippen LogP contribution in [0.4, 0.5) is 0 Å². The lowest BCUT2D eigenvalue weighted by Gasteiger charge is -2.31. The molecule has 1 fully saturated rings. The number of nitrogens with one attached hydrogen (secondary N) is 1. The second-order valence-corrected chi connectivity index (χ2v) is 9.04. The van der Waals surface area contributed by atoms with E-state index >= 15 is 0 Å². The summed E-state index contributed by atoms with van der Waals surface area (Å²) in [6, 6.07) is 15.0. The van der Waals surface area contributed by atoms with Crippen LogP contribution in [-0.4, -0.2) is 41.3 Å². The summed E-state index contributed by atoms with van der Waals surface area (Å²) in [5.41, 5.74) is 1.64. The summed E-state index contributed by atoms with van der Waals surface area (Å²) >= 11 is 7.61. The molecule has 0 aliphatic carbocycles. The molecule has 1 saturated heterocycles. The molecule has 1 aromatic heterocycles. The van der Waals surface area contributed by atoms with Gasteiger partial charge in [0.2, 0.25) is 5.91 Å². The van der Waals surface area contributed by atoms with Gasteiger partial charge in [-0.05, 0) is 55.7 Å². The Morgan fingerprint density at radius 2 is 1.83 bits per heavy atom. The van der Waals surface area contributed by atoms with Crippen LogP contribution < -0.4 is 5.32 Å². The van der Waals surface area contributed by atoms with Gasteiger partial charge in [-0.15, -0.1) is 11.3 Å². The smallest absolute Gasteiger partial charge is 0.251 e. The van der Waals surface area contributed by atoms with E-state index in [9.17, 15) is 9.59 Å². The van der Waals surface area contributed by atoms with E-state index in [-0.39, 0.29) is 11.8 Å². The first kappa shape index (κ1) is 20.8. The molecule has 1 N–H and O–H groups in total. The molecule has 0 spiro atoms. The number of benzene rings is 2. The average molecular weight is 442 g/mol. The third-order valence-electron chi connectivity index (χ3n) is 5.47. The van der Waals surface area contributed by atoms with E-state index in [1.165, 1.54) is 9.71 Å². The Bertz CT molecular complexity index is 993. The molecule has 156 valence electrons. The summed E-state index contributed by atoms with van der Waals surface area (Å²) in [7, 11) is 0. The number of fused-ring (bicyclic) bond motifs is 1. The molecule has 2 heterocycles. The lowest BCUT2D eigenvalue weighted by molar-refractivity contribution is -0.132. The Morgan fingerprint density at radius 1 is 1.10 bits per heavy atom. The highest BCUT2D eigenvalue weighted by molar-refractivity contribution is 7.18. The topological polar surface area (TPSA) is 62.3 Å². The van der Waals surface area contributed by atoms with Crippen molar-refractivity contribution in [2.45, 2.75) is 31.6 Å². The number of piperidine rings is 1. The number of hydrogen-bond donors (Lipinski definition) is 1. The Hall–Kier alpha value is -2.44. The predicted molar refractivity (Wildman–Crippen MR) is 121 cm³/mol. The van der Waals surface area contributed by atoms with Gasteiger partial charge in [-0.25, -0.2) is 4.98 Å². The van der Waals surface area contributed by atoms with E-state index in [2.05, 4.69) is 17.4 Å². The fraction of sp³-hybridized carbons (Fsp3) is 0.348. The maximum absolute atomic E-state index is 12.5. The number of nitrogens with zero attached hydrogens (tertiary/aromatic N) is 2. The van der Waals surface area contributed by atoms with E-state index in [0.717, 1.165) is 31.4 Å². The Morgan fingerprint density at radius 3 is 2.57 bits per heavy atom. The van der Waals surface area contributed by atoms with E-state index < -0.39 is 0 Å². The van der Waals surface area contributed by atoms with E-state index in [4.69, 9.17) is 16.6 Å². The molecule has 0 radical (unpaired) electrons. The third-order valence-corrected chi connectivity index (χ3v) is 6.92. The van der Waals surface area contributed by atoms with Gasteiger partial charge < -0.3 is 10.2 Å². The van der Waals surface area contributed by atoms with Crippen molar-refractivity contribution in [2.75, 3.05) is 19.6 Å². The number of thiazole rings is 1. The minimum atomic E-state index is -0.143. The molecule has 5 nitrogen and oxygen atoms in total. The highest BCUT2D eigenvalue weighted by atomic mass is 35.5. The molecule has 0 unspecified atom stereocenters. The largest absolute Gasteiger partial charge is 0.352 e. The number of para-hydroxylation sites is 1. The Balaban J connectivity index is 1.19. The summed E-state index contributed by atoms with van der Waals surface area (Å²) in [4.78, 5) is 31.3. The summed E-state index contributed by atoms with van der Waals surface area (Å²) in [6.07, 6.45) is 3.00. The van der Waals surface area contributed by atoms with Crippen molar-refractivity contribution in [3.63, 3.8) is 0 Å². The van der Waals surface area contributed by atoms with Gasteiger partial charge in [0.25, 0.3) is 5.91 Å². The number of hydrogen-bond acceptors (Lipinski definition) is 4. The number of likely N-dealkylation sites (tertiary alicyclic amines) is 1. The fourth-order valence-corrected chi connectivity index (χ4v) is 5.01. The number of carbonyl (C=O) groups is 2. The van der Waals surface area contributed by atoms with Crippen LogP contribution in [0.5, 0.6) is 0 Å². The lowest BCUT2D eigenvalue weighted by Crippen LogP contribution is -2.38. The van der Waals surface area contributed by atoms with Crippen molar-refractivity contribution in [1.82, 2.24) is 15.2 Å². The third kappa shape index (κ3) is 4.99. The summed E-state index contributed by atoms with van der Waals surface area (Å²) in [5.74, 6) is 0.458. The zero-order valence-corrected chi connectivity index (χ0v) is 18.2. The molecule has 1 aliphatic heterocycles. The zero-order valence-electron chi connectivity index (χ0n) is 16.6. The number of rotatable bonds is 6. The average Bonchev–Trinajstić information content (AvgIpc) is 3.21. The van der Waals surface area contributed by atoms with Crippen molar-refractivity contribution in [3.05, 3.63) is 64.1 Å². The lowest BCUT2D eigenvalue weighted by atomic mass is 9.97. The van der Waals surface area contributed by atoms with Crippen LogP contribution in [-0.2, 0) is 4.79 Å². The molecule has 0 bridgehead atoms. The highest BCUT2D eigenvalue weighted by Gasteiger charge is 2.25. The van der Waals surface area contributed by atoms with Crippen LogP contribution in [0.2, 0.25) is 5.02 Å². The number of carbonyl (C=O) groups excluding carboxylic acids is 2. The van der Waals surface area contributed by atoms with Crippen molar-refractivity contribution in [3.8, 4) is 0 Å². The van der Waals surface area contributed by atoms with Crippen LogP contribution in [0.1, 0.15) is 47.0 Å². The number of aromatic nitrogens is 1. The van der Waals surface area contributed by atoms with Crippen molar-refractivity contribution in [2.24, 2.45) is 0 Å². The monoisotopic (exact) mass is 441 g/mol. The predicted octanol–water partition coefficient (Wildman–Crippen LogP) is 4.87. The first-order valence-electron chi connectivity index (χ1n) is 10.3. The fourth-order valence-electron chi connectivity index (χ4n) is 3.74. The normalized spacial score (nSPS) is 14.8. The molecule has 7 heteroatoms. The van der Waals surface area contributed by atoms with Gasteiger partial charge >= 0.3 is 0 Å². The van der Waals surface area contributed by atoms with Crippen LogP contribution in [0.25, 0.3) is 10.2 Å². The van der Waals surface area contributed by atoms with E-state index in [1.54, 1.807) is 35.6 Å². The Kier molecular flexibility index (Phi) is 6.65. The van der Waals surface area contributed by atoms with Gasteiger partial charge in [-0.2, -0.15) is 0 Å². The molecule has 3 aromatic rings. The van der Waals surface area contributed by atoms with Crippen LogP contribution in [0.3, 0.4) is 0 Å². The van der Waals surface area contributed by atoms with Crippen molar-refractivity contribution in [1.29, 1.82) is 0 Å². The molecular formula is C23H24ClN3O2S. The minimum Gasteiger partial charge on any atom is -0.352 e. The van der Waals surface area contributed by atoms with Gasteiger partial charge in [0.1, 0.15) is 0 Å². The quantitative estimate of drug-likeness (QED) is 0.555. The van der Waals surface area contributed by atoms with Crippen LogP contribution in [0, 0.1) is 0 Å². The second-order valence-electron chi connectivity index (χ2n) is 7.54. The standard InChI is InChI=1S/C23H24ClN3O2S/c24-18-9-7-16(8-10-18)22(29)25-13-3-6-21(28)27-14-11-17(12-15-27)23-26-19-4-1-2-5-20(19)30-23/h1-2,4-5,7-10,17H,3,6,11-15H2,(H,25,29). The van der Waals surface area contributed by atoms with Crippen molar-refractivity contribution >= 4 is 45.0 Å². The van der Waals surface area contributed by atoms with Gasteiger partial charge in [0.15, 0.2) is 0 Å². The first-order valence-corrected chi connectivity index (χ1v) is 11.5. The van der Waals surface area contributed by atoms with E-state index in [1.807, 2.05) is 17.0 Å². The summed E-state index contributed by atoms with van der Waals surface area (Å²) in [5, 5.41) is 4.65. The zero-order chi connectivity index (χ0) is 20.9. The molecule has 30 heavy (non-hydrogen) atoms. The summed E-state index contributed by atoms with van der Waals surface area (Å²) in [6.45, 7) is 2.03. The van der Waals surface area contributed by atoms with Gasteiger partial charge in [-0.3, -0.25) is 9.59 Å². The molecule has 4 rings (SSSR count). The Labute approximate surface area is 185 Å². The molecular weight excluding hydrogens is 418 g/mol. The second kappa shape index (κ2) is 9.58. The van der Waals surface area contributed by atoms with Crippen molar-refractivity contribution < 1.29 is 9.59 Å². The molecule has 0 atom stereocenters. The van der Waals surface area contributed by atoms with Crippen LogP contribution >= 0.6 is 22.9 Å². The first-order chi connectivity index (χ1) is 14.6. The van der Waals surface area contributed by atoms with Gasteiger partial charge in [-0.1, -0.05) is 23.7 Å². The molecule has 2 aromatic carbocycles. The maximum Gasteiger partial charge on any atom is 0.251 e. The van der Waals surface area contributed by atoms with Gasteiger partial charge in [0.05, 0.1) is 15.2 Å². The SMILES string of the molecule is O=C(NCCCC(=O)N1CCC(c2nc3ccccc3s2)CC1)c1ccc(Cl)cc1. The number of halogens is 1. The maximum atomic E-state index is 12.5. The number of amides is 2. The van der Waals surface area contributed by atoms with Gasteiger partial charge in [0, 0.05) is 42.6 Å². The van der Waals surface area contributed by atoms with Crippen LogP contribution in [0.15, 0.2) is 48.5 Å². The molecule has 1 aliphatic rings. The molecule has 0 saturated carbocycles.